The zero-order valence-corrected chi connectivity index (χ0v) is 20.3. The Morgan fingerprint density at radius 2 is 1.64 bits per heavy atom. The van der Waals surface area contributed by atoms with Gasteiger partial charge >= 0.3 is 5.97 Å². The van der Waals surface area contributed by atoms with Crippen LogP contribution in [0.25, 0.3) is 0 Å². The summed E-state index contributed by atoms with van der Waals surface area (Å²) in [6, 6.07) is 0. The van der Waals surface area contributed by atoms with E-state index in [0.717, 1.165) is 6.42 Å². The van der Waals surface area contributed by atoms with E-state index in [2.05, 4.69) is 66.7 Å². The molecule has 0 bridgehead atoms. The number of hydrogen-bond acceptors (Lipinski definition) is 3. The van der Waals surface area contributed by atoms with Crippen LogP contribution >= 0.6 is 0 Å². The Kier molecular flexibility index (Phi) is 8.15. The van der Waals surface area contributed by atoms with Gasteiger partial charge in [-0.2, -0.15) is 0 Å². The molecule has 0 unspecified atom stereocenters. The molecule has 160 valence electrons. The molecule has 0 N–H and O–H groups in total. The van der Waals surface area contributed by atoms with Crippen molar-refractivity contribution >= 4 is 14.3 Å². The van der Waals surface area contributed by atoms with Crippen LogP contribution < -0.4 is 0 Å². The van der Waals surface area contributed by atoms with Gasteiger partial charge in [0, 0.05) is 12.2 Å². The van der Waals surface area contributed by atoms with Crippen LogP contribution in [0, 0.1) is 23.7 Å². The Hall–Kier alpha value is -0.873. The molecule has 3 nitrogen and oxygen atoms in total. The first-order valence-electron chi connectivity index (χ1n) is 11.3. The van der Waals surface area contributed by atoms with E-state index in [0.29, 0.717) is 40.3 Å². The molecule has 0 amide bonds. The van der Waals surface area contributed by atoms with Crippen molar-refractivity contribution in [1.29, 1.82) is 0 Å². The van der Waals surface area contributed by atoms with Crippen molar-refractivity contribution in [2.24, 2.45) is 23.7 Å². The summed E-state index contributed by atoms with van der Waals surface area (Å²) in [5.74, 6) is 1.50. The molecule has 2 aliphatic carbocycles. The lowest BCUT2D eigenvalue weighted by Gasteiger charge is -2.51. The zero-order valence-electron chi connectivity index (χ0n) is 19.3. The lowest BCUT2D eigenvalue weighted by molar-refractivity contribution is -0.134. The topological polar surface area (TPSA) is 35.5 Å². The first-order chi connectivity index (χ1) is 13.1. The van der Waals surface area contributed by atoms with Crippen molar-refractivity contribution in [1.82, 2.24) is 0 Å². The highest BCUT2D eigenvalue weighted by Gasteiger charge is 2.50. The summed E-state index contributed by atoms with van der Waals surface area (Å²) in [7, 11) is -0.490. The Morgan fingerprint density at radius 3 is 2.18 bits per heavy atom. The predicted octanol–water partition coefficient (Wildman–Crippen LogP) is 6.51. The van der Waals surface area contributed by atoms with Crippen LogP contribution in [0.3, 0.4) is 0 Å². The second-order valence-corrected chi connectivity index (χ2v) is 15.3. The zero-order chi connectivity index (χ0) is 21.1. The summed E-state index contributed by atoms with van der Waals surface area (Å²) in [5, 5.41) is 0. The molecule has 2 aliphatic rings. The lowest BCUT2D eigenvalue weighted by Crippen LogP contribution is -2.54. The molecule has 4 heteroatoms. The smallest absolute Gasteiger partial charge is 0.330 e. The Balaban J connectivity index is 2.38. The molecular formula is C24H42O3Si. The fourth-order valence-corrected chi connectivity index (χ4v) is 11.8. The standard InChI is InChI=1S/C24H42O3Si/c1-16(2)28(17(3)4,18(5)6)27-22-11-9-10-20-13-12-19(7)21(24(20)22)14-15-23(25)26-8/h12-22,24H,9-11H2,1-8H3/b15-14+/t19-,20+,21-,22-,24-/m0/s1. The van der Waals surface area contributed by atoms with Gasteiger partial charge in [0.05, 0.1) is 7.11 Å². The summed E-state index contributed by atoms with van der Waals surface area (Å²) in [5.41, 5.74) is 1.77. The fourth-order valence-electron chi connectivity index (χ4n) is 6.14. The van der Waals surface area contributed by atoms with Crippen LogP contribution in [-0.4, -0.2) is 27.5 Å². The molecule has 0 aliphatic heterocycles. The van der Waals surface area contributed by atoms with E-state index >= 15 is 0 Å². The SMILES string of the molecule is COC(=O)/C=C/[C@@H]1[C@H]2[C@@H](O[Si](C(C)C)(C(C)C)C(C)C)CCC[C@@H]2C=C[C@@H]1C. The highest BCUT2D eigenvalue weighted by atomic mass is 28.4. The second-order valence-electron chi connectivity index (χ2n) is 9.85. The van der Waals surface area contributed by atoms with Gasteiger partial charge in [0.1, 0.15) is 0 Å². The monoisotopic (exact) mass is 406 g/mol. The van der Waals surface area contributed by atoms with Gasteiger partial charge in [-0.15, -0.1) is 0 Å². The first kappa shape index (κ1) is 23.4. The van der Waals surface area contributed by atoms with E-state index in [1.54, 1.807) is 6.08 Å². The third kappa shape index (κ3) is 4.64. The molecule has 0 spiro atoms. The number of methoxy groups -OCH3 is 1. The van der Waals surface area contributed by atoms with Gasteiger partial charge in [-0.3, -0.25) is 0 Å². The molecule has 0 aromatic heterocycles. The van der Waals surface area contributed by atoms with E-state index in [1.165, 1.54) is 20.0 Å². The quantitative estimate of drug-likeness (QED) is 0.209. The van der Waals surface area contributed by atoms with E-state index in [9.17, 15) is 4.79 Å². The maximum Gasteiger partial charge on any atom is 0.330 e. The molecule has 2 rings (SSSR count). The molecule has 0 radical (unpaired) electrons. The summed E-state index contributed by atoms with van der Waals surface area (Å²) >= 11 is 0. The number of fused-ring (bicyclic) bond motifs is 1. The van der Waals surface area contributed by atoms with Crippen LogP contribution in [0.15, 0.2) is 24.3 Å². The van der Waals surface area contributed by atoms with Crippen LogP contribution in [-0.2, 0) is 14.0 Å². The van der Waals surface area contributed by atoms with Crippen molar-refractivity contribution in [2.75, 3.05) is 7.11 Å². The highest BCUT2D eigenvalue weighted by Crippen LogP contribution is 2.50. The highest BCUT2D eigenvalue weighted by molar-refractivity contribution is 6.77. The lowest BCUT2D eigenvalue weighted by atomic mass is 9.64. The number of carbonyl (C=O) groups is 1. The van der Waals surface area contributed by atoms with E-state index < -0.39 is 8.32 Å². The van der Waals surface area contributed by atoms with E-state index in [-0.39, 0.29) is 12.1 Å². The number of esters is 1. The summed E-state index contributed by atoms with van der Waals surface area (Å²) in [4.78, 5) is 11.7. The predicted molar refractivity (Wildman–Crippen MR) is 120 cm³/mol. The van der Waals surface area contributed by atoms with Gasteiger partial charge in [0.15, 0.2) is 0 Å². The third-order valence-corrected chi connectivity index (χ3v) is 13.5. The minimum Gasteiger partial charge on any atom is -0.466 e. The minimum absolute atomic E-state index is 0.262. The number of ether oxygens (including phenoxy) is 1. The maximum atomic E-state index is 11.7. The summed E-state index contributed by atoms with van der Waals surface area (Å²) < 4.78 is 12.1. The van der Waals surface area contributed by atoms with E-state index in [1.807, 2.05) is 0 Å². The second kappa shape index (κ2) is 9.75. The van der Waals surface area contributed by atoms with Gasteiger partial charge < -0.3 is 9.16 Å². The van der Waals surface area contributed by atoms with Crippen molar-refractivity contribution < 1.29 is 14.0 Å². The van der Waals surface area contributed by atoms with Gasteiger partial charge in [-0.1, -0.05) is 73.1 Å². The molecular weight excluding hydrogens is 364 g/mol. The van der Waals surface area contributed by atoms with Crippen molar-refractivity contribution in [3.63, 3.8) is 0 Å². The molecule has 1 fully saturated rings. The van der Waals surface area contributed by atoms with Crippen LogP contribution in [0.2, 0.25) is 16.6 Å². The van der Waals surface area contributed by atoms with E-state index in [4.69, 9.17) is 9.16 Å². The fraction of sp³-hybridized carbons (Fsp3) is 0.792. The van der Waals surface area contributed by atoms with Crippen LogP contribution in [0.1, 0.15) is 67.7 Å². The Labute approximate surface area is 174 Å². The van der Waals surface area contributed by atoms with Gasteiger partial charge in [-0.25, -0.2) is 4.79 Å². The normalized spacial score (nSPS) is 31.0. The third-order valence-electron chi connectivity index (χ3n) is 7.38. The molecule has 1 saturated carbocycles. The molecule has 0 heterocycles. The van der Waals surface area contributed by atoms with Crippen molar-refractivity contribution in [3.8, 4) is 0 Å². The maximum absolute atomic E-state index is 11.7. The summed E-state index contributed by atoms with van der Waals surface area (Å²) in [6.45, 7) is 16.5. The average molecular weight is 407 g/mol. The van der Waals surface area contributed by atoms with Gasteiger partial charge in [-0.05, 0) is 53.1 Å². The number of allylic oxidation sites excluding steroid dienone is 3. The van der Waals surface area contributed by atoms with Gasteiger partial charge in [0.2, 0.25) is 8.32 Å². The largest absolute Gasteiger partial charge is 0.466 e. The van der Waals surface area contributed by atoms with Crippen LogP contribution in [0.4, 0.5) is 0 Å². The number of rotatable bonds is 7. The molecule has 5 atom stereocenters. The first-order valence-corrected chi connectivity index (χ1v) is 13.4. The number of carbonyl (C=O) groups excluding carboxylic acids is 1. The van der Waals surface area contributed by atoms with Crippen LogP contribution in [0.5, 0.6) is 0 Å². The van der Waals surface area contributed by atoms with Gasteiger partial charge in [0.25, 0.3) is 0 Å². The molecule has 0 aromatic rings. The summed E-state index contributed by atoms with van der Waals surface area (Å²) in [6.07, 6.45) is 12.4. The molecule has 0 saturated heterocycles. The van der Waals surface area contributed by atoms with Crippen molar-refractivity contribution in [3.05, 3.63) is 24.3 Å². The Bertz CT molecular complexity index is 557. The average Bonchev–Trinajstić information content (AvgIpc) is 2.64. The number of hydrogen-bond donors (Lipinski definition) is 0. The minimum atomic E-state index is -1.93. The Morgan fingerprint density at radius 1 is 1.04 bits per heavy atom. The van der Waals surface area contributed by atoms with Crippen molar-refractivity contribution in [2.45, 2.75) is 90.5 Å². The molecule has 0 aromatic carbocycles. The molecule has 28 heavy (non-hydrogen) atoms.